The number of halogens is 2. The van der Waals surface area contributed by atoms with Crippen molar-refractivity contribution in [2.24, 2.45) is 11.7 Å². The van der Waals surface area contributed by atoms with E-state index in [2.05, 4.69) is 4.90 Å². The normalized spacial score (nSPS) is 18.4. The first-order chi connectivity index (χ1) is 12.0. The van der Waals surface area contributed by atoms with E-state index in [9.17, 15) is 4.79 Å². The number of nitrogens with zero attached hydrogens (tertiary/aromatic N) is 1. The van der Waals surface area contributed by atoms with Crippen LogP contribution < -0.4 is 5.73 Å². The predicted octanol–water partition coefficient (Wildman–Crippen LogP) is 4.73. The van der Waals surface area contributed by atoms with Gasteiger partial charge in [0.05, 0.1) is 16.6 Å². The zero-order chi connectivity index (χ0) is 17.8. The molecule has 1 aliphatic heterocycles. The first-order valence-electron chi connectivity index (χ1n) is 8.56. The summed E-state index contributed by atoms with van der Waals surface area (Å²) in [7, 11) is 0. The minimum Gasteiger partial charge on any atom is -0.460 e. The smallest absolute Gasteiger partial charge is 0.217 e. The van der Waals surface area contributed by atoms with Crippen molar-refractivity contribution in [3.8, 4) is 11.3 Å². The van der Waals surface area contributed by atoms with Crippen molar-refractivity contribution in [1.29, 1.82) is 0 Å². The molecule has 0 bridgehead atoms. The largest absolute Gasteiger partial charge is 0.460 e. The minimum atomic E-state index is -0.213. The Hall–Kier alpha value is -1.49. The van der Waals surface area contributed by atoms with Gasteiger partial charge in [0, 0.05) is 18.5 Å². The van der Waals surface area contributed by atoms with E-state index in [0.717, 1.165) is 56.0 Å². The summed E-state index contributed by atoms with van der Waals surface area (Å²) in [5.74, 6) is 2.03. The average molecular weight is 381 g/mol. The fourth-order valence-corrected chi connectivity index (χ4v) is 3.66. The van der Waals surface area contributed by atoms with Gasteiger partial charge in [-0.05, 0) is 62.1 Å². The summed E-state index contributed by atoms with van der Waals surface area (Å²) < 4.78 is 5.98. The van der Waals surface area contributed by atoms with Crippen LogP contribution in [0.1, 0.15) is 31.4 Å². The van der Waals surface area contributed by atoms with Crippen LogP contribution in [0, 0.1) is 5.92 Å². The van der Waals surface area contributed by atoms with Crippen LogP contribution in [-0.4, -0.2) is 23.9 Å². The summed E-state index contributed by atoms with van der Waals surface area (Å²) in [5, 5.41) is 1.05. The molecule has 2 heterocycles. The van der Waals surface area contributed by atoms with E-state index in [-0.39, 0.29) is 5.91 Å². The number of carbonyl (C=O) groups excluding carboxylic acids is 1. The van der Waals surface area contributed by atoms with E-state index in [4.69, 9.17) is 33.4 Å². The number of hydrogen-bond donors (Lipinski definition) is 1. The molecule has 1 aliphatic rings. The molecule has 1 aromatic heterocycles. The van der Waals surface area contributed by atoms with Crippen molar-refractivity contribution in [1.82, 2.24) is 4.90 Å². The van der Waals surface area contributed by atoms with Crippen LogP contribution in [0.4, 0.5) is 0 Å². The first-order valence-corrected chi connectivity index (χ1v) is 9.31. The fraction of sp³-hybridized carbons (Fsp3) is 0.421. The number of nitrogens with two attached hydrogens (primary N) is 1. The molecule has 6 heteroatoms. The number of amides is 1. The summed E-state index contributed by atoms with van der Waals surface area (Å²) in [4.78, 5) is 13.4. The molecule has 134 valence electrons. The lowest BCUT2D eigenvalue weighted by atomic mass is 9.93. The number of piperidine rings is 1. The zero-order valence-corrected chi connectivity index (χ0v) is 15.5. The van der Waals surface area contributed by atoms with Crippen molar-refractivity contribution in [3.05, 3.63) is 46.1 Å². The Labute approximate surface area is 157 Å². The maximum absolute atomic E-state index is 11.0. The predicted molar refractivity (Wildman–Crippen MR) is 101 cm³/mol. The summed E-state index contributed by atoms with van der Waals surface area (Å²) in [5.41, 5.74) is 6.18. The van der Waals surface area contributed by atoms with Gasteiger partial charge in [-0.1, -0.05) is 23.2 Å². The molecule has 1 fully saturated rings. The number of likely N-dealkylation sites (tertiary alicyclic amines) is 1. The highest BCUT2D eigenvalue weighted by Gasteiger charge is 2.21. The fourth-order valence-electron chi connectivity index (χ4n) is 3.36. The second kappa shape index (κ2) is 8.26. The Morgan fingerprint density at radius 3 is 2.84 bits per heavy atom. The molecule has 2 N–H and O–H groups in total. The third-order valence-electron chi connectivity index (χ3n) is 4.65. The minimum absolute atomic E-state index is 0.213. The molecule has 25 heavy (non-hydrogen) atoms. The summed E-state index contributed by atoms with van der Waals surface area (Å²) in [6.07, 6.45) is 3.65. The molecule has 2 aromatic rings. The van der Waals surface area contributed by atoms with Gasteiger partial charge in [0.15, 0.2) is 0 Å². The van der Waals surface area contributed by atoms with Crippen molar-refractivity contribution in [3.63, 3.8) is 0 Å². The molecule has 1 aromatic carbocycles. The molecular weight excluding hydrogens is 359 g/mol. The Kier molecular flexibility index (Phi) is 6.05. The molecule has 4 nitrogen and oxygen atoms in total. The quantitative estimate of drug-likeness (QED) is 0.787. The highest BCUT2D eigenvalue weighted by molar-refractivity contribution is 6.42. The SMILES string of the molecule is NC(=O)CCC1CCCN(Cc2ccc(-c3ccc(Cl)c(Cl)c3)o2)C1. The third-order valence-corrected chi connectivity index (χ3v) is 5.39. The van der Waals surface area contributed by atoms with Crippen molar-refractivity contribution < 1.29 is 9.21 Å². The van der Waals surface area contributed by atoms with E-state index in [0.29, 0.717) is 22.4 Å². The van der Waals surface area contributed by atoms with Crippen LogP contribution in [-0.2, 0) is 11.3 Å². The molecule has 0 saturated carbocycles. The van der Waals surface area contributed by atoms with Gasteiger partial charge in [-0.3, -0.25) is 9.69 Å². The number of rotatable bonds is 6. The summed E-state index contributed by atoms with van der Waals surface area (Å²) >= 11 is 12.0. The van der Waals surface area contributed by atoms with Crippen LogP contribution in [0.15, 0.2) is 34.7 Å². The number of carbonyl (C=O) groups is 1. The van der Waals surface area contributed by atoms with Crippen LogP contribution >= 0.6 is 23.2 Å². The lowest BCUT2D eigenvalue weighted by Crippen LogP contribution is -2.35. The van der Waals surface area contributed by atoms with Crippen molar-refractivity contribution in [2.75, 3.05) is 13.1 Å². The molecule has 1 amide bonds. The highest BCUT2D eigenvalue weighted by atomic mass is 35.5. The van der Waals surface area contributed by atoms with Crippen LogP contribution in [0.5, 0.6) is 0 Å². The van der Waals surface area contributed by atoms with Crippen molar-refractivity contribution in [2.45, 2.75) is 32.2 Å². The Bertz CT molecular complexity index is 745. The van der Waals surface area contributed by atoms with Crippen LogP contribution in [0.25, 0.3) is 11.3 Å². The molecule has 1 atom stereocenters. The van der Waals surface area contributed by atoms with Gasteiger partial charge < -0.3 is 10.2 Å². The zero-order valence-electron chi connectivity index (χ0n) is 14.0. The van der Waals surface area contributed by atoms with Gasteiger partial charge >= 0.3 is 0 Å². The van der Waals surface area contributed by atoms with E-state index in [1.54, 1.807) is 6.07 Å². The number of primary amides is 1. The topological polar surface area (TPSA) is 59.5 Å². The number of hydrogen-bond acceptors (Lipinski definition) is 3. The van der Waals surface area contributed by atoms with Gasteiger partial charge in [-0.25, -0.2) is 0 Å². The van der Waals surface area contributed by atoms with Gasteiger partial charge in [-0.15, -0.1) is 0 Å². The second-order valence-electron chi connectivity index (χ2n) is 6.64. The Balaban J connectivity index is 1.61. The van der Waals surface area contributed by atoms with Gasteiger partial charge in [-0.2, -0.15) is 0 Å². The molecule has 1 unspecified atom stereocenters. The van der Waals surface area contributed by atoms with E-state index < -0.39 is 0 Å². The van der Waals surface area contributed by atoms with Crippen LogP contribution in [0.2, 0.25) is 10.0 Å². The third kappa shape index (κ3) is 5.00. The maximum Gasteiger partial charge on any atom is 0.217 e. The van der Waals surface area contributed by atoms with Gasteiger partial charge in [0.25, 0.3) is 0 Å². The van der Waals surface area contributed by atoms with Gasteiger partial charge in [0.2, 0.25) is 5.91 Å². The standard InChI is InChI=1S/C19H22Cl2N2O2/c20-16-6-4-14(10-17(16)21)18-7-5-15(25-18)12-23-9-1-2-13(11-23)3-8-19(22)24/h4-7,10,13H,1-3,8-9,11-12H2,(H2,22,24). The van der Waals surface area contributed by atoms with Crippen LogP contribution in [0.3, 0.4) is 0 Å². The highest BCUT2D eigenvalue weighted by Crippen LogP contribution is 2.30. The lowest BCUT2D eigenvalue weighted by molar-refractivity contribution is -0.118. The molecule has 0 spiro atoms. The van der Waals surface area contributed by atoms with Gasteiger partial charge in [0.1, 0.15) is 11.5 Å². The molecule has 0 aliphatic carbocycles. The summed E-state index contributed by atoms with van der Waals surface area (Å²) in [6.45, 7) is 2.81. The van der Waals surface area contributed by atoms with E-state index in [1.807, 2.05) is 24.3 Å². The summed E-state index contributed by atoms with van der Waals surface area (Å²) in [6, 6.07) is 9.45. The molecule has 1 saturated heterocycles. The van der Waals surface area contributed by atoms with Crippen molar-refractivity contribution >= 4 is 29.1 Å². The van der Waals surface area contributed by atoms with E-state index in [1.165, 1.54) is 0 Å². The number of benzene rings is 1. The molecule has 0 radical (unpaired) electrons. The number of furan rings is 1. The molecule has 3 rings (SSSR count). The van der Waals surface area contributed by atoms with E-state index >= 15 is 0 Å². The first kappa shape index (κ1) is 18.3. The second-order valence-corrected chi connectivity index (χ2v) is 7.46. The Morgan fingerprint density at radius 1 is 1.24 bits per heavy atom. The maximum atomic E-state index is 11.0. The monoisotopic (exact) mass is 380 g/mol. The lowest BCUT2D eigenvalue weighted by Gasteiger charge is -2.32. The average Bonchev–Trinajstić information content (AvgIpc) is 3.04. The Morgan fingerprint density at radius 2 is 2.08 bits per heavy atom. The molecular formula is C19H22Cl2N2O2.